The van der Waals surface area contributed by atoms with Crippen LogP contribution in [0.2, 0.25) is 0 Å². The van der Waals surface area contributed by atoms with Gasteiger partial charge in [-0.1, -0.05) is 31.0 Å². The number of carbonyl (C=O) groups excluding carboxylic acids is 1. The number of carbonyl (C=O) groups is 1. The highest BCUT2D eigenvalue weighted by molar-refractivity contribution is 6.00. The van der Waals surface area contributed by atoms with E-state index in [0.717, 1.165) is 16.9 Å². The summed E-state index contributed by atoms with van der Waals surface area (Å²) in [5.74, 6) is -0.428. The van der Waals surface area contributed by atoms with Crippen LogP contribution in [0.15, 0.2) is 42.6 Å². The molecule has 3 N–H and O–H groups in total. The van der Waals surface area contributed by atoms with Crippen LogP contribution in [-0.4, -0.2) is 16.9 Å². The first kappa shape index (κ1) is 13.6. The summed E-state index contributed by atoms with van der Waals surface area (Å²) in [5.41, 5.74) is 8.53. The van der Waals surface area contributed by atoms with Crippen molar-refractivity contribution in [3.05, 3.63) is 48.2 Å². The molecule has 0 aliphatic heterocycles. The lowest BCUT2D eigenvalue weighted by molar-refractivity contribution is 0.100. The number of primary amides is 1. The van der Waals surface area contributed by atoms with Crippen LogP contribution in [0.1, 0.15) is 36.0 Å². The van der Waals surface area contributed by atoms with Gasteiger partial charge in [-0.3, -0.25) is 9.78 Å². The lowest BCUT2D eigenvalue weighted by Crippen LogP contribution is -2.16. The Kier molecular flexibility index (Phi) is 3.86. The number of rotatable bonds is 4. The number of amides is 1. The molecule has 1 fully saturated rings. The third-order valence-corrected chi connectivity index (χ3v) is 3.97. The SMILES string of the molecule is NC(=O)c1ccccc1-c1ncccc1NC1CCCC1. The van der Waals surface area contributed by atoms with Gasteiger partial charge >= 0.3 is 0 Å². The second-order valence-corrected chi connectivity index (χ2v) is 5.44. The number of anilines is 1. The highest BCUT2D eigenvalue weighted by atomic mass is 16.1. The lowest BCUT2D eigenvalue weighted by Gasteiger charge is -2.17. The molecule has 1 aromatic carbocycles. The van der Waals surface area contributed by atoms with Crippen molar-refractivity contribution in [1.29, 1.82) is 0 Å². The van der Waals surface area contributed by atoms with Crippen molar-refractivity contribution in [1.82, 2.24) is 4.98 Å². The Labute approximate surface area is 124 Å². The van der Waals surface area contributed by atoms with Crippen molar-refractivity contribution in [3.8, 4) is 11.3 Å². The number of nitrogens with two attached hydrogens (primary N) is 1. The van der Waals surface area contributed by atoms with Crippen LogP contribution in [-0.2, 0) is 0 Å². The van der Waals surface area contributed by atoms with E-state index in [1.54, 1.807) is 12.3 Å². The first-order valence-corrected chi connectivity index (χ1v) is 7.36. The standard InChI is InChI=1S/C17H19N3O/c18-17(21)14-9-4-3-8-13(14)16-15(10-5-11-19-16)20-12-6-1-2-7-12/h3-5,8-12,20H,1-2,6-7H2,(H2,18,21). The number of hydrogen-bond acceptors (Lipinski definition) is 3. The van der Waals surface area contributed by atoms with E-state index in [4.69, 9.17) is 5.73 Å². The van der Waals surface area contributed by atoms with Gasteiger partial charge in [-0.15, -0.1) is 0 Å². The zero-order chi connectivity index (χ0) is 14.7. The summed E-state index contributed by atoms with van der Waals surface area (Å²) >= 11 is 0. The number of aromatic nitrogens is 1. The molecular weight excluding hydrogens is 262 g/mol. The zero-order valence-corrected chi connectivity index (χ0v) is 11.9. The highest BCUT2D eigenvalue weighted by Gasteiger charge is 2.18. The van der Waals surface area contributed by atoms with E-state index in [1.807, 2.05) is 30.3 Å². The van der Waals surface area contributed by atoms with Gasteiger partial charge in [0.15, 0.2) is 0 Å². The van der Waals surface area contributed by atoms with Gasteiger partial charge in [0.1, 0.15) is 0 Å². The van der Waals surface area contributed by atoms with Gasteiger partial charge in [0, 0.05) is 23.4 Å². The van der Waals surface area contributed by atoms with Gasteiger partial charge in [0.2, 0.25) is 5.91 Å². The van der Waals surface area contributed by atoms with Crippen LogP contribution in [0, 0.1) is 0 Å². The minimum Gasteiger partial charge on any atom is -0.381 e. The van der Waals surface area contributed by atoms with Crippen molar-refractivity contribution in [2.45, 2.75) is 31.7 Å². The van der Waals surface area contributed by atoms with Crippen LogP contribution in [0.3, 0.4) is 0 Å². The van der Waals surface area contributed by atoms with Gasteiger partial charge in [-0.25, -0.2) is 0 Å². The summed E-state index contributed by atoms with van der Waals surface area (Å²) < 4.78 is 0. The van der Waals surface area contributed by atoms with Crippen LogP contribution in [0.25, 0.3) is 11.3 Å². The van der Waals surface area contributed by atoms with Crippen molar-refractivity contribution in [2.24, 2.45) is 5.73 Å². The topological polar surface area (TPSA) is 68.0 Å². The Bertz CT molecular complexity index is 648. The molecule has 4 heteroatoms. The molecule has 0 saturated heterocycles. The highest BCUT2D eigenvalue weighted by Crippen LogP contribution is 2.31. The third kappa shape index (κ3) is 2.89. The summed E-state index contributed by atoms with van der Waals surface area (Å²) in [4.78, 5) is 16.1. The minimum absolute atomic E-state index is 0.428. The second kappa shape index (κ2) is 5.95. The Morgan fingerprint density at radius 1 is 1.14 bits per heavy atom. The van der Waals surface area contributed by atoms with Crippen molar-refractivity contribution in [3.63, 3.8) is 0 Å². The fourth-order valence-electron chi connectivity index (χ4n) is 2.93. The van der Waals surface area contributed by atoms with Gasteiger partial charge in [0.25, 0.3) is 0 Å². The molecule has 1 amide bonds. The molecule has 0 unspecified atom stereocenters. The molecule has 0 bridgehead atoms. The zero-order valence-electron chi connectivity index (χ0n) is 11.9. The molecule has 2 aromatic rings. The van der Waals surface area contributed by atoms with Crippen LogP contribution in [0.5, 0.6) is 0 Å². The van der Waals surface area contributed by atoms with Gasteiger partial charge < -0.3 is 11.1 Å². The molecule has 21 heavy (non-hydrogen) atoms. The van der Waals surface area contributed by atoms with E-state index in [9.17, 15) is 4.79 Å². The molecule has 108 valence electrons. The van der Waals surface area contributed by atoms with E-state index < -0.39 is 5.91 Å². The maximum absolute atomic E-state index is 11.6. The monoisotopic (exact) mass is 281 g/mol. The van der Waals surface area contributed by atoms with Gasteiger partial charge in [0.05, 0.1) is 11.4 Å². The summed E-state index contributed by atoms with van der Waals surface area (Å²) in [6, 6.07) is 11.8. The van der Waals surface area contributed by atoms with E-state index >= 15 is 0 Å². The largest absolute Gasteiger partial charge is 0.381 e. The average molecular weight is 281 g/mol. The average Bonchev–Trinajstić information content (AvgIpc) is 3.01. The van der Waals surface area contributed by atoms with Gasteiger partial charge in [-0.2, -0.15) is 0 Å². The molecule has 3 rings (SSSR count). The van der Waals surface area contributed by atoms with E-state index in [-0.39, 0.29) is 0 Å². The Balaban J connectivity index is 2.00. The summed E-state index contributed by atoms with van der Waals surface area (Å²) in [6.45, 7) is 0. The van der Waals surface area contributed by atoms with E-state index in [1.165, 1.54) is 25.7 Å². The number of hydrogen-bond donors (Lipinski definition) is 2. The maximum Gasteiger partial charge on any atom is 0.249 e. The third-order valence-electron chi connectivity index (χ3n) is 3.97. The summed E-state index contributed by atoms with van der Waals surface area (Å²) in [7, 11) is 0. The van der Waals surface area contributed by atoms with E-state index in [2.05, 4.69) is 10.3 Å². The quantitative estimate of drug-likeness (QED) is 0.904. The molecule has 1 aliphatic rings. The Morgan fingerprint density at radius 2 is 1.90 bits per heavy atom. The number of pyridine rings is 1. The smallest absolute Gasteiger partial charge is 0.249 e. The predicted molar refractivity (Wildman–Crippen MR) is 84.1 cm³/mol. The summed E-state index contributed by atoms with van der Waals surface area (Å²) in [5, 5.41) is 3.56. The molecule has 1 saturated carbocycles. The molecule has 1 aromatic heterocycles. The minimum atomic E-state index is -0.428. The molecule has 0 spiro atoms. The first-order valence-electron chi connectivity index (χ1n) is 7.36. The molecule has 0 atom stereocenters. The van der Waals surface area contributed by atoms with Crippen molar-refractivity contribution in [2.75, 3.05) is 5.32 Å². The molecule has 1 aliphatic carbocycles. The van der Waals surface area contributed by atoms with Crippen LogP contribution >= 0.6 is 0 Å². The normalized spacial score (nSPS) is 15.0. The fraction of sp³-hybridized carbons (Fsp3) is 0.294. The molecule has 1 heterocycles. The number of nitrogens with zero attached hydrogens (tertiary/aromatic N) is 1. The Morgan fingerprint density at radius 3 is 2.67 bits per heavy atom. The summed E-state index contributed by atoms with van der Waals surface area (Å²) in [6.07, 6.45) is 6.65. The molecule has 0 radical (unpaired) electrons. The molecule has 4 nitrogen and oxygen atoms in total. The Hall–Kier alpha value is -2.36. The van der Waals surface area contributed by atoms with E-state index in [0.29, 0.717) is 11.6 Å². The predicted octanol–water partition coefficient (Wildman–Crippen LogP) is 3.20. The van der Waals surface area contributed by atoms with Crippen LogP contribution in [0.4, 0.5) is 5.69 Å². The second-order valence-electron chi connectivity index (χ2n) is 5.44. The number of nitrogens with one attached hydrogen (secondary N) is 1. The number of benzene rings is 1. The van der Waals surface area contributed by atoms with Crippen molar-refractivity contribution >= 4 is 11.6 Å². The maximum atomic E-state index is 11.6. The van der Waals surface area contributed by atoms with Crippen molar-refractivity contribution < 1.29 is 4.79 Å². The van der Waals surface area contributed by atoms with Crippen LogP contribution < -0.4 is 11.1 Å². The van der Waals surface area contributed by atoms with Gasteiger partial charge in [-0.05, 0) is 31.0 Å². The molecular formula is C17H19N3O. The fourth-order valence-corrected chi connectivity index (χ4v) is 2.93. The lowest BCUT2D eigenvalue weighted by atomic mass is 10.0. The first-order chi connectivity index (χ1) is 10.3.